The molecular formula is C19H19N3O2. The SMILES string of the molecule is CC(C)[C@H]1C(=O)NC(c2ccccc2)=CN1C(=O)c1cccnc1. The lowest BCUT2D eigenvalue weighted by molar-refractivity contribution is -0.125. The van der Waals surface area contributed by atoms with Crippen LogP contribution in [-0.4, -0.2) is 27.7 Å². The van der Waals surface area contributed by atoms with Crippen molar-refractivity contribution < 1.29 is 9.59 Å². The molecule has 1 aromatic carbocycles. The molecule has 0 saturated carbocycles. The molecule has 0 bridgehead atoms. The van der Waals surface area contributed by atoms with Gasteiger partial charge in [0.1, 0.15) is 6.04 Å². The van der Waals surface area contributed by atoms with E-state index in [0.29, 0.717) is 11.3 Å². The lowest BCUT2D eigenvalue weighted by atomic mass is 9.98. The fourth-order valence-electron chi connectivity index (χ4n) is 2.80. The molecule has 3 rings (SSSR count). The Labute approximate surface area is 141 Å². The summed E-state index contributed by atoms with van der Waals surface area (Å²) >= 11 is 0. The van der Waals surface area contributed by atoms with Gasteiger partial charge in [0.2, 0.25) is 5.91 Å². The van der Waals surface area contributed by atoms with Crippen molar-refractivity contribution in [2.24, 2.45) is 5.92 Å². The highest BCUT2D eigenvalue weighted by molar-refractivity contribution is 6.02. The Bertz CT molecular complexity index is 770. The van der Waals surface area contributed by atoms with Crippen molar-refractivity contribution >= 4 is 17.5 Å². The van der Waals surface area contributed by atoms with E-state index in [0.717, 1.165) is 5.56 Å². The molecule has 1 aliphatic rings. The second kappa shape index (κ2) is 6.66. The lowest BCUT2D eigenvalue weighted by Gasteiger charge is -2.35. The van der Waals surface area contributed by atoms with Crippen LogP contribution >= 0.6 is 0 Å². The van der Waals surface area contributed by atoms with E-state index in [4.69, 9.17) is 0 Å². The molecule has 2 aromatic rings. The second-order valence-electron chi connectivity index (χ2n) is 6.04. The molecule has 2 heterocycles. The van der Waals surface area contributed by atoms with Crippen LogP contribution in [0.25, 0.3) is 5.70 Å². The molecule has 0 radical (unpaired) electrons. The minimum absolute atomic E-state index is 0.0146. The highest BCUT2D eigenvalue weighted by Crippen LogP contribution is 2.24. The zero-order chi connectivity index (χ0) is 17.1. The van der Waals surface area contributed by atoms with E-state index in [1.54, 1.807) is 24.5 Å². The van der Waals surface area contributed by atoms with E-state index >= 15 is 0 Å². The summed E-state index contributed by atoms with van der Waals surface area (Å²) < 4.78 is 0. The van der Waals surface area contributed by atoms with E-state index in [9.17, 15) is 9.59 Å². The molecule has 0 spiro atoms. The van der Waals surface area contributed by atoms with Gasteiger partial charge in [-0.2, -0.15) is 0 Å². The number of carbonyl (C=O) groups excluding carboxylic acids is 2. The molecule has 5 nitrogen and oxygen atoms in total. The highest BCUT2D eigenvalue weighted by Gasteiger charge is 2.36. The smallest absolute Gasteiger partial charge is 0.260 e. The lowest BCUT2D eigenvalue weighted by Crippen LogP contribution is -2.53. The number of hydrogen-bond donors (Lipinski definition) is 1. The number of nitrogens with zero attached hydrogens (tertiary/aromatic N) is 2. The van der Waals surface area contributed by atoms with Crippen LogP contribution < -0.4 is 5.32 Å². The van der Waals surface area contributed by atoms with E-state index in [1.807, 2.05) is 44.2 Å². The minimum atomic E-state index is -0.551. The van der Waals surface area contributed by atoms with Crippen molar-refractivity contribution in [2.75, 3.05) is 0 Å². The van der Waals surface area contributed by atoms with Gasteiger partial charge in [-0.3, -0.25) is 14.6 Å². The van der Waals surface area contributed by atoms with Gasteiger partial charge in [0, 0.05) is 18.6 Å². The van der Waals surface area contributed by atoms with E-state index in [-0.39, 0.29) is 17.7 Å². The van der Waals surface area contributed by atoms with Crippen molar-refractivity contribution in [1.29, 1.82) is 0 Å². The van der Waals surface area contributed by atoms with Gasteiger partial charge in [-0.15, -0.1) is 0 Å². The van der Waals surface area contributed by atoms with Gasteiger partial charge >= 0.3 is 0 Å². The standard InChI is InChI=1S/C19H19N3O2/c1-13(2)17-18(23)21-16(14-7-4-3-5-8-14)12-22(17)19(24)15-9-6-10-20-11-15/h3-13,17H,1-2H3,(H,21,23)/t17-/m0/s1. The highest BCUT2D eigenvalue weighted by atomic mass is 16.2. The number of rotatable bonds is 3. The van der Waals surface area contributed by atoms with Gasteiger partial charge in [0.15, 0.2) is 0 Å². The number of aromatic nitrogens is 1. The average molecular weight is 321 g/mol. The van der Waals surface area contributed by atoms with Crippen LogP contribution in [0.3, 0.4) is 0 Å². The average Bonchev–Trinajstić information content (AvgIpc) is 2.61. The van der Waals surface area contributed by atoms with Crippen molar-refractivity contribution in [1.82, 2.24) is 15.2 Å². The zero-order valence-corrected chi connectivity index (χ0v) is 13.6. The fraction of sp³-hybridized carbons (Fsp3) is 0.211. The summed E-state index contributed by atoms with van der Waals surface area (Å²) in [6, 6.07) is 12.4. The van der Waals surface area contributed by atoms with E-state index in [1.165, 1.54) is 11.1 Å². The summed E-state index contributed by atoms with van der Waals surface area (Å²) in [7, 11) is 0. The van der Waals surface area contributed by atoms with Crippen LogP contribution in [0, 0.1) is 5.92 Å². The van der Waals surface area contributed by atoms with Crippen LogP contribution in [-0.2, 0) is 4.79 Å². The molecule has 0 fully saturated rings. The van der Waals surface area contributed by atoms with Gasteiger partial charge in [0.05, 0.1) is 11.3 Å². The number of amides is 2. The third-order valence-corrected chi connectivity index (χ3v) is 3.95. The topological polar surface area (TPSA) is 62.3 Å². The Morgan fingerprint density at radius 3 is 2.54 bits per heavy atom. The quantitative estimate of drug-likeness (QED) is 0.945. The first kappa shape index (κ1) is 15.9. The number of hydrogen-bond acceptors (Lipinski definition) is 3. The molecule has 0 aliphatic carbocycles. The Kier molecular flexibility index (Phi) is 4.42. The van der Waals surface area contributed by atoms with Crippen molar-refractivity contribution in [3.63, 3.8) is 0 Å². The Morgan fingerprint density at radius 2 is 1.92 bits per heavy atom. The van der Waals surface area contributed by atoms with Gasteiger partial charge in [0.25, 0.3) is 5.91 Å². The molecule has 0 unspecified atom stereocenters. The third-order valence-electron chi connectivity index (χ3n) is 3.95. The molecule has 122 valence electrons. The molecule has 1 atom stereocenters. The number of benzene rings is 1. The first-order chi connectivity index (χ1) is 11.6. The largest absolute Gasteiger partial charge is 0.322 e. The molecule has 1 N–H and O–H groups in total. The van der Waals surface area contributed by atoms with Crippen LogP contribution in [0.5, 0.6) is 0 Å². The Hall–Kier alpha value is -2.95. The monoisotopic (exact) mass is 321 g/mol. The number of nitrogens with one attached hydrogen (secondary N) is 1. The molecular weight excluding hydrogens is 302 g/mol. The van der Waals surface area contributed by atoms with Crippen LogP contribution in [0.4, 0.5) is 0 Å². The predicted molar refractivity (Wildman–Crippen MR) is 91.6 cm³/mol. The molecule has 1 aromatic heterocycles. The zero-order valence-electron chi connectivity index (χ0n) is 13.6. The van der Waals surface area contributed by atoms with Gasteiger partial charge < -0.3 is 10.2 Å². The first-order valence-electron chi connectivity index (χ1n) is 7.88. The molecule has 1 aliphatic heterocycles. The second-order valence-corrected chi connectivity index (χ2v) is 6.04. The fourth-order valence-corrected chi connectivity index (χ4v) is 2.80. The normalized spacial score (nSPS) is 17.5. The van der Waals surface area contributed by atoms with E-state index < -0.39 is 6.04 Å². The minimum Gasteiger partial charge on any atom is -0.322 e. The maximum absolute atomic E-state index is 12.9. The summed E-state index contributed by atoms with van der Waals surface area (Å²) in [5, 5.41) is 2.91. The maximum atomic E-state index is 12.9. The predicted octanol–water partition coefficient (Wildman–Crippen LogP) is 2.68. The summed E-state index contributed by atoms with van der Waals surface area (Å²) in [6.07, 6.45) is 4.85. The van der Waals surface area contributed by atoms with Gasteiger partial charge in [-0.05, 0) is 23.6 Å². The van der Waals surface area contributed by atoms with Crippen molar-refractivity contribution in [3.8, 4) is 0 Å². The third kappa shape index (κ3) is 3.06. The summed E-state index contributed by atoms with van der Waals surface area (Å²) in [5.74, 6) is -0.423. The van der Waals surface area contributed by atoms with Crippen LogP contribution in [0.1, 0.15) is 29.8 Å². The number of pyridine rings is 1. The van der Waals surface area contributed by atoms with Gasteiger partial charge in [-0.1, -0.05) is 44.2 Å². The number of carbonyl (C=O) groups is 2. The molecule has 2 amide bonds. The maximum Gasteiger partial charge on any atom is 0.260 e. The van der Waals surface area contributed by atoms with Crippen LogP contribution in [0.2, 0.25) is 0 Å². The van der Waals surface area contributed by atoms with Crippen molar-refractivity contribution in [2.45, 2.75) is 19.9 Å². The Balaban J connectivity index is 2.03. The summed E-state index contributed by atoms with van der Waals surface area (Å²) in [6.45, 7) is 3.85. The van der Waals surface area contributed by atoms with E-state index in [2.05, 4.69) is 10.3 Å². The van der Waals surface area contributed by atoms with Gasteiger partial charge in [-0.25, -0.2) is 0 Å². The molecule has 5 heteroatoms. The molecule has 24 heavy (non-hydrogen) atoms. The summed E-state index contributed by atoms with van der Waals surface area (Å²) in [4.78, 5) is 31.0. The molecule has 0 saturated heterocycles. The van der Waals surface area contributed by atoms with Crippen LogP contribution in [0.15, 0.2) is 61.1 Å². The summed E-state index contributed by atoms with van der Waals surface area (Å²) in [5.41, 5.74) is 1.94. The first-order valence-corrected chi connectivity index (χ1v) is 7.88. The Morgan fingerprint density at radius 1 is 1.17 bits per heavy atom. The van der Waals surface area contributed by atoms with Crippen molar-refractivity contribution in [3.05, 3.63) is 72.2 Å².